The molecule has 0 bridgehead atoms. The highest BCUT2D eigenvalue weighted by Crippen LogP contribution is 2.18. The fourth-order valence-corrected chi connectivity index (χ4v) is 4.41. The van der Waals surface area contributed by atoms with E-state index in [1.807, 2.05) is 17.7 Å². The normalized spacial score (nSPS) is 14.1. The zero-order valence-corrected chi connectivity index (χ0v) is 20.1. The summed E-state index contributed by atoms with van der Waals surface area (Å²) in [7, 11) is 0. The van der Waals surface area contributed by atoms with E-state index in [2.05, 4.69) is 68.6 Å². The van der Waals surface area contributed by atoms with Gasteiger partial charge in [0.1, 0.15) is 11.6 Å². The molecule has 33 heavy (non-hydrogen) atoms. The van der Waals surface area contributed by atoms with Crippen molar-refractivity contribution in [2.24, 2.45) is 4.99 Å². The number of benzene rings is 1. The summed E-state index contributed by atoms with van der Waals surface area (Å²) in [5.74, 6) is 3.11. The van der Waals surface area contributed by atoms with E-state index in [1.165, 1.54) is 19.3 Å². The van der Waals surface area contributed by atoms with Gasteiger partial charge in [-0.25, -0.2) is 9.67 Å². The molecular formula is C25H36N8. The number of para-hydroxylation sites is 1. The van der Waals surface area contributed by atoms with E-state index in [0.717, 1.165) is 79.1 Å². The molecule has 2 N–H and O–H groups in total. The Labute approximate surface area is 196 Å². The van der Waals surface area contributed by atoms with Gasteiger partial charge in [0.2, 0.25) is 0 Å². The number of aromatic nitrogens is 5. The number of guanidine groups is 1. The minimum absolute atomic E-state index is 0.585. The van der Waals surface area contributed by atoms with Crippen LogP contribution in [0.1, 0.15) is 61.2 Å². The molecule has 0 saturated carbocycles. The zero-order valence-electron chi connectivity index (χ0n) is 20.1. The Morgan fingerprint density at radius 1 is 1.09 bits per heavy atom. The minimum Gasteiger partial charge on any atom is -0.357 e. The third kappa shape index (κ3) is 5.80. The van der Waals surface area contributed by atoms with Gasteiger partial charge in [-0.15, -0.1) is 10.2 Å². The van der Waals surface area contributed by atoms with Crippen molar-refractivity contribution in [2.45, 2.75) is 72.4 Å². The van der Waals surface area contributed by atoms with E-state index < -0.39 is 0 Å². The fraction of sp³-hybridized carbons (Fsp3) is 0.520. The summed E-state index contributed by atoms with van der Waals surface area (Å²) >= 11 is 0. The quantitative estimate of drug-likeness (QED) is 0.313. The monoisotopic (exact) mass is 448 g/mol. The van der Waals surface area contributed by atoms with Crippen LogP contribution in [-0.4, -0.2) is 43.6 Å². The number of hydrogen-bond acceptors (Lipinski definition) is 4. The van der Waals surface area contributed by atoms with Crippen LogP contribution in [0, 0.1) is 13.8 Å². The first-order valence-corrected chi connectivity index (χ1v) is 12.2. The van der Waals surface area contributed by atoms with Gasteiger partial charge in [-0.2, -0.15) is 5.10 Å². The standard InChI is InChI=1S/C25H36N8/c1-4-26-25(27-15-10-14-24-30-29-23-13-6-5-9-16-32(23)24)28-18-21-11-7-8-12-22(21)33-20(3)17-19(2)31-33/h7-8,11-12,17H,4-6,9-10,13-16,18H2,1-3H3,(H2,26,27,28). The number of fused-ring (bicyclic) bond motifs is 1. The first-order chi connectivity index (χ1) is 16.2. The van der Waals surface area contributed by atoms with Crippen LogP contribution in [0.15, 0.2) is 35.3 Å². The Bertz CT molecular complexity index is 1080. The minimum atomic E-state index is 0.585. The summed E-state index contributed by atoms with van der Waals surface area (Å²) in [5.41, 5.74) is 4.37. The average molecular weight is 449 g/mol. The van der Waals surface area contributed by atoms with Crippen molar-refractivity contribution in [1.29, 1.82) is 0 Å². The predicted octanol–water partition coefficient (Wildman–Crippen LogP) is 3.49. The van der Waals surface area contributed by atoms with Crippen LogP contribution in [0.4, 0.5) is 0 Å². The molecule has 0 fully saturated rings. The third-order valence-corrected chi connectivity index (χ3v) is 6.04. The number of hydrogen-bond donors (Lipinski definition) is 2. The lowest BCUT2D eigenvalue weighted by Crippen LogP contribution is -2.38. The summed E-state index contributed by atoms with van der Waals surface area (Å²) in [4.78, 5) is 4.84. The van der Waals surface area contributed by atoms with Crippen molar-refractivity contribution < 1.29 is 0 Å². The fourth-order valence-electron chi connectivity index (χ4n) is 4.41. The lowest BCUT2D eigenvalue weighted by molar-refractivity contribution is 0.594. The van der Waals surface area contributed by atoms with Crippen LogP contribution >= 0.6 is 0 Å². The van der Waals surface area contributed by atoms with Crippen LogP contribution < -0.4 is 10.6 Å². The summed E-state index contributed by atoms with van der Waals surface area (Å²) in [6, 6.07) is 10.4. The molecule has 2 aromatic heterocycles. The molecule has 0 spiro atoms. The highest BCUT2D eigenvalue weighted by Gasteiger charge is 2.14. The summed E-state index contributed by atoms with van der Waals surface area (Å²) in [5, 5.41) is 20.4. The molecule has 3 aromatic rings. The maximum absolute atomic E-state index is 4.84. The maximum atomic E-state index is 4.84. The molecule has 0 radical (unpaired) electrons. The topological polar surface area (TPSA) is 84.9 Å². The number of aryl methyl sites for hydroxylation is 4. The number of aliphatic imine (C=N–C) groups is 1. The van der Waals surface area contributed by atoms with E-state index in [4.69, 9.17) is 4.99 Å². The molecule has 0 amide bonds. The molecular weight excluding hydrogens is 412 g/mol. The highest BCUT2D eigenvalue weighted by atomic mass is 15.3. The first-order valence-electron chi connectivity index (χ1n) is 12.2. The Balaban J connectivity index is 1.36. The summed E-state index contributed by atoms with van der Waals surface area (Å²) < 4.78 is 4.34. The molecule has 1 aliphatic rings. The smallest absolute Gasteiger partial charge is 0.191 e. The molecule has 1 aromatic carbocycles. The van der Waals surface area contributed by atoms with E-state index in [1.54, 1.807) is 0 Å². The molecule has 0 atom stereocenters. The van der Waals surface area contributed by atoms with Crippen LogP contribution in [0.3, 0.4) is 0 Å². The molecule has 8 nitrogen and oxygen atoms in total. The molecule has 0 aliphatic carbocycles. The van der Waals surface area contributed by atoms with Gasteiger partial charge in [0.05, 0.1) is 17.9 Å². The van der Waals surface area contributed by atoms with Gasteiger partial charge >= 0.3 is 0 Å². The van der Waals surface area contributed by atoms with Crippen LogP contribution in [0.5, 0.6) is 0 Å². The molecule has 1 aliphatic heterocycles. The number of nitrogens with one attached hydrogen (secondary N) is 2. The van der Waals surface area contributed by atoms with Crippen molar-refractivity contribution in [3.05, 3.63) is 58.9 Å². The molecule has 176 valence electrons. The number of rotatable bonds is 8. The van der Waals surface area contributed by atoms with Crippen molar-refractivity contribution in [3.63, 3.8) is 0 Å². The Morgan fingerprint density at radius 3 is 2.79 bits per heavy atom. The van der Waals surface area contributed by atoms with Crippen molar-refractivity contribution in [3.8, 4) is 5.69 Å². The molecule has 4 rings (SSSR count). The van der Waals surface area contributed by atoms with Gasteiger partial charge in [-0.3, -0.25) is 0 Å². The van der Waals surface area contributed by atoms with Crippen molar-refractivity contribution >= 4 is 5.96 Å². The summed E-state index contributed by atoms with van der Waals surface area (Å²) in [6.45, 7) is 9.50. The lowest BCUT2D eigenvalue weighted by atomic mass is 10.2. The third-order valence-electron chi connectivity index (χ3n) is 6.04. The van der Waals surface area contributed by atoms with Gasteiger partial charge in [-0.05, 0) is 57.7 Å². The second-order valence-electron chi connectivity index (χ2n) is 8.69. The Kier molecular flexibility index (Phi) is 7.75. The highest BCUT2D eigenvalue weighted by molar-refractivity contribution is 5.79. The lowest BCUT2D eigenvalue weighted by Gasteiger charge is -2.13. The zero-order chi connectivity index (χ0) is 23.0. The van der Waals surface area contributed by atoms with E-state index in [9.17, 15) is 0 Å². The summed E-state index contributed by atoms with van der Waals surface area (Å²) in [6.07, 6.45) is 6.72. The predicted molar refractivity (Wildman–Crippen MR) is 132 cm³/mol. The second-order valence-corrected chi connectivity index (χ2v) is 8.69. The van der Waals surface area contributed by atoms with E-state index in [0.29, 0.717) is 6.54 Å². The second kappa shape index (κ2) is 11.1. The van der Waals surface area contributed by atoms with Crippen LogP contribution in [0.2, 0.25) is 0 Å². The first kappa shape index (κ1) is 23.0. The van der Waals surface area contributed by atoms with Gasteiger partial charge in [0, 0.05) is 38.2 Å². The van der Waals surface area contributed by atoms with E-state index >= 15 is 0 Å². The van der Waals surface area contributed by atoms with Crippen LogP contribution in [0.25, 0.3) is 5.69 Å². The van der Waals surface area contributed by atoms with Crippen molar-refractivity contribution in [1.82, 2.24) is 35.2 Å². The van der Waals surface area contributed by atoms with E-state index in [-0.39, 0.29) is 0 Å². The molecule has 3 heterocycles. The average Bonchev–Trinajstić information content (AvgIpc) is 3.26. The maximum Gasteiger partial charge on any atom is 0.191 e. The van der Waals surface area contributed by atoms with Gasteiger partial charge in [0.25, 0.3) is 0 Å². The Hall–Kier alpha value is -3.16. The van der Waals surface area contributed by atoms with Gasteiger partial charge < -0.3 is 15.2 Å². The van der Waals surface area contributed by atoms with Crippen molar-refractivity contribution in [2.75, 3.05) is 13.1 Å². The molecule has 0 saturated heterocycles. The largest absolute Gasteiger partial charge is 0.357 e. The Morgan fingerprint density at radius 2 is 1.97 bits per heavy atom. The molecule has 0 unspecified atom stereocenters. The SMILES string of the molecule is CCNC(=NCc1ccccc1-n1nc(C)cc1C)NCCCc1nnc2n1CCCCC2. The van der Waals surface area contributed by atoms with Gasteiger partial charge in [0.15, 0.2) is 5.96 Å². The number of nitrogens with zero attached hydrogens (tertiary/aromatic N) is 6. The van der Waals surface area contributed by atoms with Gasteiger partial charge in [-0.1, -0.05) is 24.6 Å². The van der Waals surface area contributed by atoms with Crippen LogP contribution in [-0.2, 0) is 25.9 Å². The molecule has 8 heteroatoms.